The van der Waals surface area contributed by atoms with E-state index in [0.29, 0.717) is 12.1 Å². The van der Waals surface area contributed by atoms with Crippen molar-refractivity contribution < 1.29 is 9.32 Å². The number of benzene rings is 3. The van der Waals surface area contributed by atoms with Gasteiger partial charge in [0.15, 0.2) is 0 Å². The standard InChI is InChI=1S/C22H18ClNO2/c1-24(13-16-7-3-5-9-19(16)23)14-17-12-21(25)26-20-11-10-15-6-2-4-8-18(15)22(17)20/h2-12H,13-14H2,1H3/p+1. The molecular formula is C22H19ClNO2+. The first kappa shape index (κ1) is 16.8. The number of halogens is 1. The van der Waals surface area contributed by atoms with Crippen LogP contribution in [0.1, 0.15) is 11.1 Å². The largest absolute Gasteiger partial charge is 0.423 e. The molecule has 0 bridgehead atoms. The summed E-state index contributed by atoms with van der Waals surface area (Å²) >= 11 is 6.29. The molecule has 0 aliphatic rings. The number of fused-ring (bicyclic) bond motifs is 3. The van der Waals surface area contributed by atoms with E-state index in [-0.39, 0.29) is 5.63 Å². The van der Waals surface area contributed by atoms with Crippen LogP contribution in [0, 0.1) is 0 Å². The zero-order valence-corrected chi connectivity index (χ0v) is 15.2. The monoisotopic (exact) mass is 364 g/mol. The first-order chi connectivity index (χ1) is 12.6. The van der Waals surface area contributed by atoms with Crippen LogP contribution < -0.4 is 10.5 Å². The van der Waals surface area contributed by atoms with E-state index >= 15 is 0 Å². The van der Waals surface area contributed by atoms with Gasteiger partial charge in [0.25, 0.3) is 0 Å². The zero-order valence-electron chi connectivity index (χ0n) is 14.5. The molecule has 0 amide bonds. The SMILES string of the molecule is C[NH+](Cc1ccccc1Cl)Cc1cc(=O)oc2ccc3ccccc3c12. The summed E-state index contributed by atoms with van der Waals surface area (Å²) in [5.41, 5.74) is 2.42. The summed E-state index contributed by atoms with van der Waals surface area (Å²) in [7, 11) is 2.11. The van der Waals surface area contributed by atoms with Crippen LogP contribution in [0.3, 0.4) is 0 Å². The van der Waals surface area contributed by atoms with Crippen LogP contribution in [0.5, 0.6) is 0 Å². The van der Waals surface area contributed by atoms with E-state index < -0.39 is 0 Å². The maximum absolute atomic E-state index is 12.0. The van der Waals surface area contributed by atoms with E-state index in [0.717, 1.165) is 38.9 Å². The molecule has 4 heteroatoms. The highest BCUT2D eigenvalue weighted by Gasteiger charge is 2.14. The summed E-state index contributed by atoms with van der Waals surface area (Å²) in [6, 6.07) is 21.5. The van der Waals surface area contributed by atoms with Crippen LogP contribution in [-0.4, -0.2) is 7.05 Å². The second kappa shape index (κ2) is 6.94. The smallest absolute Gasteiger partial charge is 0.336 e. The molecule has 0 aliphatic carbocycles. The minimum atomic E-state index is -0.312. The number of rotatable bonds is 4. The van der Waals surface area contributed by atoms with Gasteiger partial charge in [0.2, 0.25) is 0 Å². The highest BCUT2D eigenvalue weighted by molar-refractivity contribution is 6.31. The van der Waals surface area contributed by atoms with Crippen molar-refractivity contribution in [2.24, 2.45) is 0 Å². The molecule has 0 radical (unpaired) electrons. The summed E-state index contributed by atoms with van der Waals surface area (Å²) in [5.74, 6) is 0. The van der Waals surface area contributed by atoms with Crippen molar-refractivity contribution in [1.82, 2.24) is 0 Å². The zero-order chi connectivity index (χ0) is 18.1. The first-order valence-corrected chi connectivity index (χ1v) is 8.99. The Kier molecular flexibility index (Phi) is 4.49. The van der Waals surface area contributed by atoms with Gasteiger partial charge < -0.3 is 9.32 Å². The molecule has 4 rings (SSSR count). The van der Waals surface area contributed by atoms with Crippen molar-refractivity contribution in [2.45, 2.75) is 13.1 Å². The normalized spacial score (nSPS) is 12.5. The van der Waals surface area contributed by atoms with Gasteiger partial charge in [-0.05, 0) is 22.9 Å². The molecule has 0 fully saturated rings. The molecule has 26 heavy (non-hydrogen) atoms. The van der Waals surface area contributed by atoms with E-state index in [2.05, 4.69) is 19.2 Å². The van der Waals surface area contributed by atoms with Gasteiger partial charge in [-0.25, -0.2) is 4.79 Å². The third-order valence-corrected chi connectivity index (χ3v) is 5.03. The van der Waals surface area contributed by atoms with Gasteiger partial charge in [-0.1, -0.05) is 60.1 Å². The van der Waals surface area contributed by atoms with Crippen molar-refractivity contribution in [2.75, 3.05) is 7.05 Å². The fourth-order valence-corrected chi connectivity index (χ4v) is 3.72. The molecule has 3 nitrogen and oxygen atoms in total. The fraction of sp³-hybridized carbons (Fsp3) is 0.136. The molecule has 1 atom stereocenters. The molecule has 0 saturated carbocycles. The van der Waals surface area contributed by atoms with Crippen LogP contribution in [-0.2, 0) is 13.1 Å². The molecule has 0 aliphatic heterocycles. The third-order valence-electron chi connectivity index (χ3n) is 4.66. The average Bonchev–Trinajstić information content (AvgIpc) is 2.63. The first-order valence-electron chi connectivity index (χ1n) is 8.61. The predicted molar refractivity (Wildman–Crippen MR) is 106 cm³/mol. The molecule has 1 N–H and O–H groups in total. The highest BCUT2D eigenvalue weighted by atomic mass is 35.5. The third kappa shape index (κ3) is 3.24. The number of hydrogen-bond donors (Lipinski definition) is 1. The van der Waals surface area contributed by atoms with E-state index in [1.807, 2.05) is 48.5 Å². The molecular weight excluding hydrogens is 346 g/mol. The Morgan fingerprint density at radius 3 is 2.50 bits per heavy atom. The second-order valence-electron chi connectivity index (χ2n) is 6.65. The van der Waals surface area contributed by atoms with Crippen LogP contribution in [0.15, 0.2) is 75.9 Å². The summed E-state index contributed by atoms with van der Waals surface area (Å²) in [6.07, 6.45) is 0. The Labute approximate surface area is 156 Å². The lowest BCUT2D eigenvalue weighted by atomic mass is 10.0. The van der Waals surface area contributed by atoms with Crippen molar-refractivity contribution in [3.63, 3.8) is 0 Å². The molecule has 0 spiro atoms. The number of hydrogen-bond acceptors (Lipinski definition) is 2. The maximum Gasteiger partial charge on any atom is 0.336 e. The van der Waals surface area contributed by atoms with Crippen molar-refractivity contribution in [3.8, 4) is 0 Å². The van der Waals surface area contributed by atoms with Gasteiger partial charge in [-0.15, -0.1) is 0 Å². The molecule has 4 aromatic rings. The highest BCUT2D eigenvalue weighted by Crippen LogP contribution is 2.27. The summed E-state index contributed by atoms with van der Waals surface area (Å²) in [4.78, 5) is 13.3. The van der Waals surface area contributed by atoms with Crippen LogP contribution >= 0.6 is 11.6 Å². The van der Waals surface area contributed by atoms with Crippen molar-refractivity contribution in [1.29, 1.82) is 0 Å². The Morgan fingerprint density at radius 1 is 0.923 bits per heavy atom. The van der Waals surface area contributed by atoms with Crippen molar-refractivity contribution >= 4 is 33.3 Å². The Morgan fingerprint density at radius 2 is 1.65 bits per heavy atom. The predicted octanol–water partition coefficient (Wildman–Crippen LogP) is 3.81. The molecule has 1 aromatic heterocycles. The van der Waals surface area contributed by atoms with E-state index in [4.69, 9.17) is 16.0 Å². The molecule has 1 heterocycles. The van der Waals surface area contributed by atoms with Gasteiger partial charge in [-0.2, -0.15) is 0 Å². The molecule has 130 valence electrons. The minimum Gasteiger partial charge on any atom is -0.423 e. The summed E-state index contributed by atoms with van der Waals surface area (Å²) in [6.45, 7) is 1.49. The van der Waals surface area contributed by atoms with Gasteiger partial charge in [0.05, 0.1) is 7.05 Å². The van der Waals surface area contributed by atoms with Gasteiger partial charge in [0.1, 0.15) is 18.7 Å². The topological polar surface area (TPSA) is 34.7 Å². The van der Waals surface area contributed by atoms with Gasteiger partial charge in [-0.3, -0.25) is 0 Å². The molecule has 1 unspecified atom stereocenters. The van der Waals surface area contributed by atoms with E-state index in [1.165, 1.54) is 4.90 Å². The van der Waals surface area contributed by atoms with Crippen LogP contribution in [0.2, 0.25) is 5.02 Å². The van der Waals surface area contributed by atoms with Crippen LogP contribution in [0.4, 0.5) is 0 Å². The summed E-state index contributed by atoms with van der Waals surface area (Å²) < 4.78 is 5.44. The van der Waals surface area contributed by atoms with Crippen molar-refractivity contribution in [3.05, 3.63) is 93.3 Å². The lowest BCUT2D eigenvalue weighted by Gasteiger charge is -2.16. The lowest BCUT2D eigenvalue weighted by Crippen LogP contribution is -3.06. The van der Waals surface area contributed by atoms with E-state index in [9.17, 15) is 4.79 Å². The average molecular weight is 365 g/mol. The van der Waals surface area contributed by atoms with E-state index in [1.54, 1.807) is 6.07 Å². The maximum atomic E-state index is 12.0. The Bertz CT molecular complexity index is 1150. The number of quaternary nitrogens is 1. The van der Waals surface area contributed by atoms with Gasteiger partial charge in [0, 0.05) is 27.6 Å². The lowest BCUT2D eigenvalue weighted by molar-refractivity contribution is -0.907. The molecule has 0 saturated heterocycles. The fourth-order valence-electron chi connectivity index (χ4n) is 3.51. The minimum absolute atomic E-state index is 0.312. The van der Waals surface area contributed by atoms with Gasteiger partial charge >= 0.3 is 5.63 Å². The summed E-state index contributed by atoms with van der Waals surface area (Å²) in [5, 5.41) is 4.03. The van der Waals surface area contributed by atoms with Crippen LogP contribution in [0.25, 0.3) is 21.7 Å². The quantitative estimate of drug-likeness (QED) is 0.441. The Hall–Kier alpha value is -2.62. The number of nitrogens with one attached hydrogen (secondary N) is 1. The molecule has 3 aromatic carbocycles. The Balaban J connectivity index is 1.77. The second-order valence-corrected chi connectivity index (χ2v) is 7.06.